The Bertz CT molecular complexity index is 948. The maximum atomic E-state index is 12.4. The van der Waals surface area contributed by atoms with Crippen molar-refractivity contribution in [2.75, 3.05) is 12.4 Å². The summed E-state index contributed by atoms with van der Waals surface area (Å²) < 4.78 is 4.99. The number of amides is 1. The Morgan fingerprint density at radius 2 is 1.88 bits per heavy atom. The van der Waals surface area contributed by atoms with Crippen molar-refractivity contribution in [3.8, 4) is 5.75 Å². The van der Waals surface area contributed by atoms with E-state index in [9.17, 15) is 14.9 Å². The van der Waals surface area contributed by atoms with Crippen LogP contribution in [0.2, 0.25) is 0 Å². The van der Waals surface area contributed by atoms with Gasteiger partial charge in [-0.1, -0.05) is 42.5 Å². The van der Waals surface area contributed by atoms with E-state index in [2.05, 4.69) is 5.32 Å². The van der Waals surface area contributed by atoms with Gasteiger partial charge in [0.25, 0.3) is 5.69 Å². The minimum atomic E-state index is -0.546. The molecule has 0 bridgehead atoms. The van der Waals surface area contributed by atoms with Crippen LogP contribution in [-0.2, 0) is 11.2 Å². The number of ether oxygens (including phenoxy) is 1. The summed E-state index contributed by atoms with van der Waals surface area (Å²) in [5.41, 5.74) is 0.813. The largest absolute Gasteiger partial charge is 0.496 e. The zero-order chi connectivity index (χ0) is 17.8. The molecule has 6 nitrogen and oxygen atoms in total. The highest BCUT2D eigenvalue weighted by Crippen LogP contribution is 2.29. The molecule has 0 saturated carbocycles. The second-order valence-corrected chi connectivity index (χ2v) is 5.50. The molecule has 126 valence electrons. The Morgan fingerprint density at radius 3 is 2.64 bits per heavy atom. The van der Waals surface area contributed by atoms with Crippen LogP contribution < -0.4 is 10.1 Å². The lowest BCUT2D eigenvalue weighted by Gasteiger charge is -2.09. The molecule has 0 aromatic heterocycles. The molecule has 0 atom stereocenters. The van der Waals surface area contributed by atoms with E-state index in [0.29, 0.717) is 5.75 Å². The number of hydrogen-bond acceptors (Lipinski definition) is 4. The molecular weight excluding hydrogens is 320 g/mol. The van der Waals surface area contributed by atoms with Crippen LogP contribution in [0, 0.1) is 10.1 Å². The highest BCUT2D eigenvalue weighted by Gasteiger charge is 2.17. The third-order valence-electron chi connectivity index (χ3n) is 3.91. The lowest BCUT2D eigenvalue weighted by Crippen LogP contribution is -2.15. The Labute approximate surface area is 144 Å². The molecule has 0 fully saturated rings. The second kappa shape index (κ2) is 7.00. The number of nitro benzene ring substituents is 1. The molecule has 0 spiro atoms. The number of fused-ring (bicyclic) bond motifs is 1. The zero-order valence-electron chi connectivity index (χ0n) is 13.6. The van der Waals surface area contributed by atoms with Gasteiger partial charge in [0.1, 0.15) is 11.4 Å². The van der Waals surface area contributed by atoms with E-state index in [1.165, 1.54) is 19.2 Å². The topological polar surface area (TPSA) is 81.5 Å². The number of rotatable bonds is 5. The third kappa shape index (κ3) is 3.58. The van der Waals surface area contributed by atoms with Crippen LogP contribution in [0.3, 0.4) is 0 Å². The van der Waals surface area contributed by atoms with Crippen LogP contribution in [0.25, 0.3) is 10.8 Å². The molecule has 0 aliphatic rings. The van der Waals surface area contributed by atoms with Gasteiger partial charge in [0.15, 0.2) is 0 Å². The van der Waals surface area contributed by atoms with Gasteiger partial charge in [-0.05, 0) is 28.5 Å². The summed E-state index contributed by atoms with van der Waals surface area (Å²) in [6, 6.07) is 17.9. The maximum Gasteiger partial charge on any atom is 0.296 e. The molecule has 25 heavy (non-hydrogen) atoms. The lowest BCUT2D eigenvalue weighted by atomic mass is 10.0. The van der Waals surface area contributed by atoms with E-state index < -0.39 is 4.92 Å². The zero-order valence-corrected chi connectivity index (χ0v) is 13.6. The van der Waals surface area contributed by atoms with Crippen molar-refractivity contribution >= 4 is 28.1 Å². The van der Waals surface area contributed by atoms with Gasteiger partial charge in [0.05, 0.1) is 24.5 Å². The summed E-state index contributed by atoms with van der Waals surface area (Å²) >= 11 is 0. The Balaban J connectivity index is 1.84. The van der Waals surface area contributed by atoms with Gasteiger partial charge in [0, 0.05) is 0 Å². The minimum Gasteiger partial charge on any atom is -0.496 e. The van der Waals surface area contributed by atoms with Gasteiger partial charge in [-0.2, -0.15) is 0 Å². The summed E-state index contributed by atoms with van der Waals surface area (Å²) in [5, 5.41) is 15.9. The molecule has 0 radical (unpaired) electrons. The van der Waals surface area contributed by atoms with Gasteiger partial charge in [-0.15, -0.1) is 0 Å². The molecule has 0 aliphatic carbocycles. The van der Waals surface area contributed by atoms with Gasteiger partial charge in [-0.25, -0.2) is 0 Å². The van der Waals surface area contributed by atoms with Gasteiger partial charge >= 0.3 is 0 Å². The van der Waals surface area contributed by atoms with E-state index >= 15 is 0 Å². The summed E-state index contributed by atoms with van der Waals surface area (Å²) in [6.45, 7) is 0. The quantitative estimate of drug-likeness (QED) is 0.565. The summed E-state index contributed by atoms with van der Waals surface area (Å²) in [7, 11) is 1.43. The molecular formula is C19H16N2O4. The fourth-order valence-corrected chi connectivity index (χ4v) is 2.71. The Hall–Kier alpha value is -3.41. The summed E-state index contributed by atoms with van der Waals surface area (Å²) in [6.07, 6.45) is 0.130. The second-order valence-electron chi connectivity index (χ2n) is 5.50. The number of anilines is 1. The average Bonchev–Trinajstić information content (AvgIpc) is 2.62. The predicted octanol–water partition coefficient (Wildman–Crippen LogP) is 3.94. The normalized spacial score (nSPS) is 10.4. The first-order chi connectivity index (χ1) is 12.1. The fraction of sp³-hybridized carbons (Fsp3) is 0.105. The summed E-state index contributed by atoms with van der Waals surface area (Å²) in [4.78, 5) is 23.0. The number of carbonyl (C=O) groups excluding carboxylic acids is 1. The van der Waals surface area contributed by atoms with Gasteiger partial charge < -0.3 is 10.1 Å². The van der Waals surface area contributed by atoms with Crippen LogP contribution in [0.15, 0.2) is 60.7 Å². The molecule has 3 rings (SSSR count). The number of nitrogens with one attached hydrogen (secondary N) is 1. The molecule has 0 heterocycles. The molecule has 1 amide bonds. The van der Waals surface area contributed by atoms with E-state index in [0.717, 1.165) is 16.3 Å². The number of hydrogen-bond donors (Lipinski definition) is 1. The lowest BCUT2D eigenvalue weighted by molar-refractivity contribution is -0.384. The van der Waals surface area contributed by atoms with Crippen LogP contribution in [0.5, 0.6) is 5.75 Å². The van der Waals surface area contributed by atoms with Crippen molar-refractivity contribution in [2.24, 2.45) is 0 Å². The average molecular weight is 336 g/mol. The molecule has 3 aromatic rings. The van der Waals surface area contributed by atoms with E-state index in [4.69, 9.17) is 4.74 Å². The highest BCUT2D eigenvalue weighted by molar-refractivity contribution is 5.97. The number of nitrogens with zero attached hydrogens (tertiary/aromatic N) is 1. The van der Waals surface area contributed by atoms with Crippen molar-refractivity contribution in [1.29, 1.82) is 0 Å². The molecule has 0 unspecified atom stereocenters. The van der Waals surface area contributed by atoms with Crippen molar-refractivity contribution in [1.82, 2.24) is 0 Å². The first-order valence-corrected chi connectivity index (χ1v) is 7.67. The van der Waals surface area contributed by atoms with Crippen molar-refractivity contribution in [3.05, 3.63) is 76.3 Å². The third-order valence-corrected chi connectivity index (χ3v) is 3.91. The maximum absolute atomic E-state index is 12.4. The van der Waals surface area contributed by atoms with Crippen molar-refractivity contribution in [3.63, 3.8) is 0 Å². The molecule has 0 saturated heterocycles. The number of methoxy groups -OCH3 is 1. The minimum absolute atomic E-state index is 0.130. The smallest absolute Gasteiger partial charge is 0.296 e. The molecule has 3 aromatic carbocycles. The number of carbonyl (C=O) groups is 1. The molecule has 0 aliphatic heterocycles. The van der Waals surface area contributed by atoms with Crippen LogP contribution in [0.4, 0.5) is 11.4 Å². The van der Waals surface area contributed by atoms with E-state index in [1.54, 1.807) is 6.07 Å². The monoisotopic (exact) mass is 336 g/mol. The van der Waals surface area contributed by atoms with E-state index in [-0.39, 0.29) is 23.7 Å². The number of nitro groups is 1. The SMILES string of the molecule is COc1ccc(NC(=O)Cc2cccc3ccccc23)c([N+](=O)[O-])c1. The van der Waals surface area contributed by atoms with Crippen LogP contribution in [0.1, 0.15) is 5.56 Å². The molecule has 6 heteroatoms. The van der Waals surface area contributed by atoms with Gasteiger partial charge in [0.2, 0.25) is 5.91 Å². The van der Waals surface area contributed by atoms with Crippen molar-refractivity contribution < 1.29 is 14.5 Å². The first kappa shape index (κ1) is 16.4. The van der Waals surface area contributed by atoms with Gasteiger partial charge in [-0.3, -0.25) is 14.9 Å². The molecule has 1 N–H and O–H groups in total. The van der Waals surface area contributed by atoms with Crippen LogP contribution in [-0.4, -0.2) is 17.9 Å². The fourth-order valence-electron chi connectivity index (χ4n) is 2.71. The standard InChI is InChI=1S/C19H16N2O4/c1-25-15-9-10-17(18(12-15)21(23)24)20-19(22)11-14-7-4-6-13-5-2-3-8-16(13)14/h2-10,12H,11H2,1H3,(H,20,22). The highest BCUT2D eigenvalue weighted by atomic mass is 16.6. The van der Waals surface area contributed by atoms with E-state index in [1.807, 2.05) is 42.5 Å². The van der Waals surface area contributed by atoms with Crippen LogP contribution >= 0.6 is 0 Å². The Morgan fingerprint density at radius 1 is 1.12 bits per heavy atom. The Kier molecular flexibility index (Phi) is 4.61. The van der Waals surface area contributed by atoms with Crippen molar-refractivity contribution in [2.45, 2.75) is 6.42 Å². The summed E-state index contributed by atoms with van der Waals surface area (Å²) in [5.74, 6) is 0.0448. The first-order valence-electron chi connectivity index (χ1n) is 7.67. The number of benzene rings is 3. The predicted molar refractivity (Wildman–Crippen MR) is 95.9 cm³/mol.